The van der Waals surface area contributed by atoms with E-state index in [1.165, 1.54) is 12.1 Å². The van der Waals surface area contributed by atoms with Crippen LogP contribution in [0.15, 0.2) is 35.1 Å². The fourth-order valence-corrected chi connectivity index (χ4v) is 2.41. The van der Waals surface area contributed by atoms with E-state index in [-0.39, 0.29) is 5.69 Å². The highest BCUT2D eigenvalue weighted by Crippen LogP contribution is 2.24. The molecule has 100 valence electrons. The molecule has 0 amide bonds. The standard InChI is InChI=1S/C13H14BrN3O2/c1-9(2)13-15-5-6-16(13)8-10-3-4-11(17(18)19)7-12(10)14/h3-7,9H,8H2,1-2H3. The molecule has 0 fully saturated rings. The quantitative estimate of drug-likeness (QED) is 0.636. The zero-order valence-corrected chi connectivity index (χ0v) is 12.3. The molecular formula is C13H14BrN3O2. The Kier molecular flexibility index (Phi) is 3.99. The maximum atomic E-state index is 10.7. The summed E-state index contributed by atoms with van der Waals surface area (Å²) in [6, 6.07) is 4.82. The van der Waals surface area contributed by atoms with Crippen molar-refractivity contribution in [1.82, 2.24) is 9.55 Å². The van der Waals surface area contributed by atoms with Crippen molar-refractivity contribution < 1.29 is 4.92 Å². The third-order valence-electron chi connectivity index (χ3n) is 2.85. The molecule has 2 aromatic rings. The number of imidazole rings is 1. The Morgan fingerprint density at radius 1 is 1.47 bits per heavy atom. The Labute approximate surface area is 119 Å². The van der Waals surface area contributed by atoms with Crippen molar-refractivity contribution in [2.24, 2.45) is 0 Å². The molecule has 5 nitrogen and oxygen atoms in total. The number of nitro groups is 1. The molecule has 0 saturated heterocycles. The molecule has 0 aliphatic carbocycles. The number of hydrogen-bond donors (Lipinski definition) is 0. The molecule has 19 heavy (non-hydrogen) atoms. The second-order valence-corrected chi connectivity index (χ2v) is 5.46. The lowest BCUT2D eigenvalue weighted by Crippen LogP contribution is -2.06. The summed E-state index contributed by atoms with van der Waals surface area (Å²) in [6.07, 6.45) is 3.69. The molecule has 1 heterocycles. The molecule has 0 spiro atoms. The number of benzene rings is 1. The van der Waals surface area contributed by atoms with Crippen LogP contribution in [-0.4, -0.2) is 14.5 Å². The Balaban J connectivity index is 2.28. The Hall–Kier alpha value is -1.69. The van der Waals surface area contributed by atoms with Gasteiger partial charge in [0.1, 0.15) is 5.82 Å². The fourth-order valence-electron chi connectivity index (χ4n) is 1.92. The summed E-state index contributed by atoms with van der Waals surface area (Å²) in [6.45, 7) is 4.82. The monoisotopic (exact) mass is 323 g/mol. The van der Waals surface area contributed by atoms with E-state index >= 15 is 0 Å². The normalized spacial score (nSPS) is 10.9. The van der Waals surface area contributed by atoms with E-state index in [1.807, 2.05) is 6.20 Å². The maximum Gasteiger partial charge on any atom is 0.270 e. The van der Waals surface area contributed by atoms with E-state index in [0.29, 0.717) is 12.5 Å². The van der Waals surface area contributed by atoms with Crippen LogP contribution in [0, 0.1) is 10.1 Å². The number of nitro benzene ring substituents is 1. The van der Waals surface area contributed by atoms with Gasteiger partial charge in [0.25, 0.3) is 5.69 Å². The van der Waals surface area contributed by atoms with Crippen molar-refractivity contribution in [3.63, 3.8) is 0 Å². The number of non-ortho nitro benzene ring substituents is 1. The van der Waals surface area contributed by atoms with E-state index in [9.17, 15) is 10.1 Å². The largest absolute Gasteiger partial charge is 0.330 e. The molecule has 0 atom stereocenters. The zero-order chi connectivity index (χ0) is 14.0. The summed E-state index contributed by atoms with van der Waals surface area (Å²) in [4.78, 5) is 14.6. The third-order valence-corrected chi connectivity index (χ3v) is 3.59. The van der Waals surface area contributed by atoms with E-state index < -0.39 is 4.92 Å². The van der Waals surface area contributed by atoms with Gasteiger partial charge in [-0.3, -0.25) is 10.1 Å². The average molecular weight is 324 g/mol. The van der Waals surface area contributed by atoms with Gasteiger partial charge >= 0.3 is 0 Å². The number of aromatic nitrogens is 2. The second kappa shape index (κ2) is 5.52. The van der Waals surface area contributed by atoms with Crippen molar-refractivity contribution in [3.8, 4) is 0 Å². The maximum absolute atomic E-state index is 10.7. The van der Waals surface area contributed by atoms with Crippen LogP contribution in [-0.2, 0) is 6.54 Å². The minimum atomic E-state index is -0.398. The van der Waals surface area contributed by atoms with Crippen molar-refractivity contribution in [2.75, 3.05) is 0 Å². The zero-order valence-electron chi connectivity index (χ0n) is 10.7. The summed E-state index contributed by atoms with van der Waals surface area (Å²) in [5.74, 6) is 1.34. The van der Waals surface area contributed by atoms with Gasteiger partial charge in [-0.1, -0.05) is 29.8 Å². The lowest BCUT2D eigenvalue weighted by atomic mass is 10.2. The summed E-state index contributed by atoms with van der Waals surface area (Å²) in [5.41, 5.74) is 1.08. The van der Waals surface area contributed by atoms with Crippen LogP contribution in [0.2, 0.25) is 0 Å². The van der Waals surface area contributed by atoms with Gasteiger partial charge in [-0.25, -0.2) is 4.98 Å². The highest BCUT2D eigenvalue weighted by Gasteiger charge is 2.12. The van der Waals surface area contributed by atoms with Crippen LogP contribution < -0.4 is 0 Å². The summed E-state index contributed by atoms with van der Waals surface area (Å²) in [7, 11) is 0. The molecule has 0 saturated carbocycles. The predicted molar refractivity (Wildman–Crippen MR) is 76.2 cm³/mol. The van der Waals surface area contributed by atoms with Gasteiger partial charge in [-0.2, -0.15) is 0 Å². The van der Waals surface area contributed by atoms with Crippen LogP contribution in [0.1, 0.15) is 31.2 Å². The summed E-state index contributed by atoms with van der Waals surface area (Å²) >= 11 is 3.38. The highest BCUT2D eigenvalue weighted by molar-refractivity contribution is 9.10. The molecule has 0 unspecified atom stereocenters. The molecule has 0 aliphatic rings. The lowest BCUT2D eigenvalue weighted by Gasteiger charge is -2.11. The molecule has 0 aliphatic heterocycles. The number of rotatable bonds is 4. The molecule has 1 aromatic carbocycles. The first-order valence-electron chi connectivity index (χ1n) is 5.93. The summed E-state index contributed by atoms with van der Waals surface area (Å²) in [5, 5.41) is 10.7. The first-order valence-corrected chi connectivity index (χ1v) is 6.72. The predicted octanol–water partition coefficient (Wildman–Crippen LogP) is 3.73. The molecule has 6 heteroatoms. The Morgan fingerprint density at radius 2 is 2.21 bits per heavy atom. The van der Waals surface area contributed by atoms with Gasteiger partial charge < -0.3 is 4.57 Å². The van der Waals surface area contributed by atoms with Gasteiger partial charge in [0.2, 0.25) is 0 Å². The highest BCUT2D eigenvalue weighted by atomic mass is 79.9. The lowest BCUT2D eigenvalue weighted by molar-refractivity contribution is -0.384. The molecule has 1 aromatic heterocycles. The smallest absolute Gasteiger partial charge is 0.270 e. The van der Waals surface area contributed by atoms with Crippen LogP contribution in [0.25, 0.3) is 0 Å². The van der Waals surface area contributed by atoms with Crippen molar-refractivity contribution in [1.29, 1.82) is 0 Å². The number of nitrogens with zero attached hydrogens (tertiary/aromatic N) is 3. The average Bonchev–Trinajstić information content (AvgIpc) is 2.79. The van der Waals surface area contributed by atoms with Gasteiger partial charge in [0, 0.05) is 41.5 Å². The number of hydrogen-bond acceptors (Lipinski definition) is 3. The van der Waals surface area contributed by atoms with Crippen LogP contribution >= 0.6 is 15.9 Å². The molecule has 0 N–H and O–H groups in total. The second-order valence-electron chi connectivity index (χ2n) is 4.60. The minimum absolute atomic E-state index is 0.0883. The molecular weight excluding hydrogens is 310 g/mol. The van der Waals surface area contributed by atoms with Crippen LogP contribution in [0.3, 0.4) is 0 Å². The van der Waals surface area contributed by atoms with Gasteiger partial charge in [-0.15, -0.1) is 0 Å². The topological polar surface area (TPSA) is 61.0 Å². The SMILES string of the molecule is CC(C)c1nccn1Cc1ccc([N+](=O)[O-])cc1Br. The van der Waals surface area contributed by atoms with Gasteiger partial charge in [0.05, 0.1) is 4.92 Å². The number of halogens is 1. The van der Waals surface area contributed by atoms with Crippen LogP contribution in [0.5, 0.6) is 0 Å². The fraction of sp³-hybridized carbons (Fsp3) is 0.308. The molecule has 2 rings (SSSR count). The molecule has 0 bridgehead atoms. The van der Waals surface area contributed by atoms with Crippen molar-refractivity contribution >= 4 is 21.6 Å². The van der Waals surface area contributed by atoms with Gasteiger partial charge in [0.15, 0.2) is 0 Å². The first kappa shape index (κ1) is 13.7. The van der Waals surface area contributed by atoms with E-state index in [2.05, 4.69) is 39.3 Å². The van der Waals surface area contributed by atoms with Crippen LogP contribution in [0.4, 0.5) is 5.69 Å². The summed E-state index contributed by atoms with van der Waals surface area (Å²) < 4.78 is 2.79. The molecule has 0 radical (unpaired) electrons. The van der Waals surface area contributed by atoms with Gasteiger partial charge in [-0.05, 0) is 11.6 Å². The van der Waals surface area contributed by atoms with E-state index in [1.54, 1.807) is 12.3 Å². The third kappa shape index (κ3) is 3.01. The first-order chi connectivity index (χ1) is 8.99. The Bertz CT molecular complexity index is 608. The minimum Gasteiger partial charge on any atom is -0.330 e. The van der Waals surface area contributed by atoms with Crippen molar-refractivity contribution in [3.05, 3.63) is 56.6 Å². The van der Waals surface area contributed by atoms with E-state index in [4.69, 9.17) is 0 Å². The Morgan fingerprint density at radius 3 is 2.79 bits per heavy atom. The van der Waals surface area contributed by atoms with E-state index in [0.717, 1.165) is 15.9 Å². The van der Waals surface area contributed by atoms with Crippen molar-refractivity contribution in [2.45, 2.75) is 26.3 Å².